The number of hydrogen-bond acceptors (Lipinski definition) is 7. The van der Waals surface area contributed by atoms with Gasteiger partial charge in [0.05, 0.1) is 18.6 Å². The standard InChI is InChI=1S/C22H23N5O3S/c1-30-18-10-6-5-9-17(18)26-13-14-27-20(21(26)29)24-25-22(27)31-15-19(28)23-12-11-16-7-3-2-4-8-16/h2-10,13-14,20,24H,11-12,15H2,1H3,(H,23,28). The van der Waals surface area contributed by atoms with Gasteiger partial charge in [0.15, 0.2) is 5.17 Å². The predicted molar refractivity (Wildman–Crippen MR) is 121 cm³/mol. The van der Waals surface area contributed by atoms with Gasteiger partial charge in [0.1, 0.15) is 5.75 Å². The number of thioether (sulfide) groups is 1. The molecule has 2 aliphatic heterocycles. The maximum atomic E-state index is 13.0. The summed E-state index contributed by atoms with van der Waals surface area (Å²) >= 11 is 1.29. The fraction of sp³-hybridized carbons (Fsp3) is 0.227. The van der Waals surface area contributed by atoms with Crippen LogP contribution in [0.25, 0.3) is 0 Å². The summed E-state index contributed by atoms with van der Waals surface area (Å²) in [5.74, 6) is 0.569. The van der Waals surface area contributed by atoms with E-state index < -0.39 is 6.17 Å². The zero-order valence-electron chi connectivity index (χ0n) is 17.0. The minimum atomic E-state index is -0.654. The fourth-order valence-electron chi connectivity index (χ4n) is 3.32. The van der Waals surface area contributed by atoms with E-state index in [9.17, 15) is 9.59 Å². The molecule has 2 aromatic rings. The molecule has 1 atom stereocenters. The lowest BCUT2D eigenvalue weighted by Gasteiger charge is -2.32. The first-order chi connectivity index (χ1) is 15.2. The average molecular weight is 438 g/mol. The van der Waals surface area contributed by atoms with Crippen molar-refractivity contribution in [3.63, 3.8) is 0 Å². The number of ether oxygens (including phenoxy) is 1. The number of amides is 2. The highest BCUT2D eigenvalue weighted by atomic mass is 32.2. The van der Waals surface area contributed by atoms with Crippen molar-refractivity contribution in [1.29, 1.82) is 0 Å². The van der Waals surface area contributed by atoms with E-state index in [0.717, 1.165) is 6.42 Å². The van der Waals surface area contributed by atoms with Crippen molar-refractivity contribution in [3.05, 3.63) is 72.6 Å². The molecule has 4 rings (SSSR count). The number of anilines is 1. The van der Waals surface area contributed by atoms with E-state index in [4.69, 9.17) is 4.74 Å². The summed E-state index contributed by atoms with van der Waals surface area (Å²) in [6.45, 7) is 0.576. The van der Waals surface area contributed by atoms with Crippen molar-refractivity contribution in [2.24, 2.45) is 5.10 Å². The lowest BCUT2D eigenvalue weighted by Crippen LogP contribution is -2.52. The number of amidine groups is 1. The Bertz CT molecular complexity index is 1010. The van der Waals surface area contributed by atoms with Gasteiger partial charge in [-0.15, -0.1) is 0 Å². The van der Waals surface area contributed by atoms with Crippen LogP contribution in [0.5, 0.6) is 5.75 Å². The Morgan fingerprint density at radius 1 is 1.16 bits per heavy atom. The number of nitrogens with zero attached hydrogens (tertiary/aromatic N) is 3. The molecule has 0 fully saturated rings. The SMILES string of the molecule is COc1ccccc1N1C=CN2C(SCC(=O)NCCc3ccccc3)=NNC2C1=O. The van der Waals surface area contributed by atoms with E-state index in [1.54, 1.807) is 30.5 Å². The molecule has 8 nitrogen and oxygen atoms in total. The van der Waals surface area contributed by atoms with Gasteiger partial charge in [-0.3, -0.25) is 24.8 Å². The lowest BCUT2D eigenvalue weighted by molar-refractivity contribution is -0.122. The smallest absolute Gasteiger partial charge is 0.276 e. The summed E-state index contributed by atoms with van der Waals surface area (Å²) in [5, 5.41) is 7.74. The molecule has 31 heavy (non-hydrogen) atoms. The number of rotatable bonds is 7. The third-order valence-electron chi connectivity index (χ3n) is 4.88. The van der Waals surface area contributed by atoms with Crippen molar-refractivity contribution in [2.75, 3.05) is 24.3 Å². The molecule has 0 aliphatic carbocycles. The van der Waals surface area contributed by atoms with Crippen LogP contribution < -0.4 is 20.4 Å². The first-order valence-corrected chi connectivity index (χ1v) is 10.9. The Hall–Kier alpha value is -3.46. The molecular weight excluding hydrogens is 414 g/mol. The van der Waals surface area contributed by atoms with E-state index in [1.807, 2.05) is 48.5 Å². The molecule has 1 unspecified atom stereocenters. The van der Waals surface area contributed by atoms with Crippen LogP contribution in [0.15, 0.2) is 72.1 Å². The van der Waals surface area contributed by atoms with Gasteiger partial charge in [0.25, 0.3) is 5.91 Å². The molecular formula is C22H23N5O3S. The van der Waals surface area contributed by atoms with E-state index in [0.29, 0.717) is 23.1 Å². The van der Waals surface area contributed by atoms with Crippen LogP contribution in [0.4, 0.5) is 5.69 Å². The van der Waals surface area contributed by atoms with Crippen LogP contribution >= 0.6 is 11.8 Å². The molecule has 0 saturated heterocycles. The van der Waals surface area contributed by atoms with Gasteiger partial charge in [-0.2, -0.15) is 5.10 Å². The molecule has 0 spiro atoms. The Morgan fingerprint density at radius 2 is 1.94 bits per heavy atom. The maximum Gasteiger partial charge on any atom is 0.276 e. The summed E-state index contributed by atoms with van der Waals surface area (Å²) in [4.78, 5) is 28.4. The number of para-hydroxylation sites is 2. The van der Waals surface area contributed by atoms with Crippen LogP contribution in [0.1, 0.15) is 5.56 Å². The summed E-state index contributed by atoms with van der Waals surface area (Å²) in [7, 11) is 1.57. The first kappa shape index (κ1) is 20.8. The van der Waals surface area contributed by atoms with Crippen LogP contribution in [0.2, 0.25) is 0 Å². The van der Waals surface area contributed by atoms with Crippen molar-refractivity contribution < 1.29 is 14.3 Å². The van der Waals surface area contributed by atoms with Gasteiger partial charge < -0.3 is 10.1 Å². The Balaban J connectivity index is 1.31. The number of hydrazone groups is 1. The van der Waals surface area contributed by atoms with Crippen molar-refractivity contribution >= 4 is 34.4 Å². The molecule has 2 heterocycles. The molecule has 2 N–H and O–H groups in total. The molecule has 0 radical (unpaired) electrons. The zero-order valence-corrected chi connectivity index (χ0v) is 17.8. The average Bonchev–Trinajstić information content (AvgIpc) is 3.23. The van der Waals surface area contributed by atoms with Crippen molar-refractivity contribution in [3.8, 4) is 5.75 Å². The molecule has 2 aromatic carbocycles. The normalized spacial score (nSPS) is 17.1. The van der Waals surface area contributed by atoms with Crippen LogP contribution in [0.3, 0.4) is 0 Å². The van der Waals surface area contributed by atoms with E-state index in [-0.39, 0.29) is 17.6 Å². The van der Waals surface area contributed by atoms with Crippen LogP contribution in [-0.2, 0) is 16.0 Å². The second-order valence-corrected chi connectivity index (χ2v) is 7.83. The Labute approximate surface area is 184 Å². The second kappa shape index (κ2) is 9.57. The van der Waals surface area contributed by atoms with Crippen LogP contribution in [0, 0.1) is 0 Å². The van der Waals surface area contributed by atoms with Gasteiger partial charge in [-0.05, 0) is 24.1 Å². The minimum Gasteiger partial charge on any atom is -0.495 e. The van der Waals surface area contributed by atoms with Gasteiger partial charge in [-0.1, -0.05) is 54.2 Å². The number of fused-ring (bicyclic) bond motifs is 1. The van der Waals surface area contributed by atoms with E-state index >= 15 is 0 Å². The maximum absolute atomic E-state index is 13.0. The largest absolute Gasteiger partial charge is 0.495 e. The molecule has 9 heteroatoms. The molecule has 2 aliphatic rings. The third kappa shape index (κ3) is 4.66. The highest BCUT2D eigenvalue weighted by Crippen LogP contribution is 2.31. The first-order valence-electron chi connectivity index (χ1n) is 9.87. The van der Waals surface area contributed by atoms with Crippen molar-refractivity contribution in [1.82, 2.24) is 15.6 Å². The zero-order chi connectivity index (χ0) is 21.6. The summed E-state index contributed by atoms with van der Waals surface area (Å²) < 4.78 is 5.37. The summed E-state index contributed by atoms with van der Waals surface area (Å²) in [5.41, 5.74) is 4.70. The van der Waals surface area contributed by atoms with Crippen molar-refractivity contribution in [2.45, 2.75) is 12.6 Å². The highest BCUT2D eigenvalue weighted by molar-refractivity contribution is 8.14. The number of methoxy groups -OCH3 is 1. The number of carbonyl (C=O) groups excluding carboxylic acids is 2. The number of benzene rings is 2. The number of hydrogen-bond donors (Lipinski definition) is 2. The van der Waals surface area contributed by atoms with Gasteiger partial charge in [0.2, 0.25) is 12.1 Å². The van der Waals surface area contributed by atoms with Gasteiger partial charge >= 0.3 is 0 Å². The monoisotopic (exact) mass is 437 g/mol. The molecule has 160 valence electrons. The quantitative estimate of drug-likeness (QED) is 0.690. The van der Waals surface area contributed by atoms with E-state index in [1.165, 1.54) is 22.2 Å². The number of nitrogens with one attached hydrogen (secondary N) is 2. The predicted octanol–water partition coefficient (Wildman–Crippen LogP) is 2.11. The summed E-state index contributed by atoms with van der Waals surface area (Å²) in [6.07, 6.45) is 3.58. The lowest BCUT2D eigenvalue weighted by atomic mass is 10.1. The Morgan fingerprint density at radius 3 is 2.74 bits per heavy atom. The summed E-state index contributed by atoms with van der Waals surface area (Å²) in [6, 6.07) is 17.3. The fourth-order valence-corrected chi connectivity index (χ4v) is 4.12. The molecule has 2 amide bonds. The Kier molecular flexibility index (Phi) is 6.42. The minimum absolute atomic E-state index is 0.0740. The number of carbonyl (C=O) groups is 2. The highest BCUT2D eigenvalue weighted by Gasteiger charge is 2.39. The van der Waals surface area contributed by atoms with Gasteiger partial charge in [-0.25, -0.2) is 0 Å². The molecule has 0 saturated carbocycles. The second-order valence-electron chi connectivity index (χ2n) is 6.89. The van der Waals surface area contributed by atoms with Crippen LogP contribution in [-0.4, -0.2) is 47.5 Å². The van der Waals surface area contributed by atoms with E-state index in [2.05, 4.69) is 15.8 Å². The van der Waals surface area contributed by atoms with Gasteiger partial charge in [0, 0.05) is 18.9 Å². The molecule has 0 bridgehead atoms. The molecule has 0 aromatic heterocycles. The topological polar surface area (TPSA) is 86.3 Å². The third-order valence-corrected chi connectivity index (χ3v) is 5.85.